The van der Waals surface area contributed by atoms with Crippen LogP contribution in [-0.2, 0) is 11.2 Å². The number of rotatable bonds is 8. The zero-order valence-electron chi connectivity index (χ0n) is 22.3. The summed E-state index contributed by atoms with van der Waals surface area (Å²) in [5.74, 6) is 0.829. The Labute approximate surface area is 231 Å². The summed E-state index contributed by atoms with van der Waals surface area (Å²) in [7, 11) is 1.95. The van der Waals surface area contributed by atoms with Crippen LogP contribution in [0.25, 0.3) is 16.6 Å². The van der Waals surface area contributed by atoms with E-state index in [0.29, 0.717) is 17.1 Å². The lowest BCUT2D eigenvalue weighted by Crippen LogP contribution is -2.23. The molecule has 1 unspecified atom stereocenters. The third-order valence-electron chi connectivity index (χ3n) is 7.28. The summed E-state index contributed by atoms with van der Waals surface area (Å²) in [5, 5.41) is 4.11. The highest BCUT2D eigenvalue weighted by Gasteiger charge is 2.21. The van der Waals surface area contributed by atoms with Crippen molar-refractivity contribution < 1.29 is 13.9 Å². The highest BCUT2D eigenvalue weighted by atomic mass is 19.1. The number of likely N-dealkylation sites (N-methyl/N-ethyl adjacent to an activating group) is 1. The molecule has 0 spiro atoms. The van der Waals surface area contributed by atoms with Crippen LogP contribution in [-0.4, -0.2) is 49.7 Å². The molecule has 3 aromatic heterocycles. The van der Waals surface area contributed by atoms with Crippen LogP contribution in [0.2, 0.25) is 0 Å². The van der Waals surface area contributed by atoms with E-state index in [4.69, 9.17) is 4.74 Å². The van der Waals surface area contributed by atoms with Crippen molar-refractivity contribution in [2.75, 3.05) is 18.9 Å². The van der Waals surface area contributed by atoms with Gasteiger partial charge in [-0.1, -0.05) is 6.07 Å². The minimum absolute atomic E-state index is 0.0229. The average Bonchev–Trinajstić information content (AvgIpc) is 3.58. The van der Waals surface area contributed by atoms with Crippen LogP contribution < -0.4 is 10.1 Å². The fourth-order valence-electron chi connectivity index (χ4n) is 5.05. The molecular weight excluding hydrogens is 507 g/mol. The number of aromatic nitrogens is 4. The molecule has 0 aliphatic carbocycles. The van der Waals surface area contributed by atoms with Crippen LogP contribution in [0.15, 0.2) is 85.4 Å². The lowest BCUT2D eigenvalue weighted by atomic mass is 10.0. The average molecular weight is 537 g/mol. The number of nitrogens with zero attached hydrogens (tertiary/aromatic N) is 5. The minimum atomic E-state index is -0.677. The number of imidazole rings is 1. The molecule has 5 aromatic rings. The van der Waals surface area contributed by atoms with E-state index in [0.717, 1.165) is 52.9 Å². The highest BCUT2D eigenvalue weighted by molar-refractivity contribution is 5.96. The lowest BCUT2D eigenvalue weighted by molar-refractivity contribution is -0.116. The minimum Gasteiger partial charge on any atom is -0.457 e. The van der Waals surface area contributed by atoms with Gasteiger partial charge in [0.25, 0.3) is 0 Å². The van der Waals surface area contributed by atoms with Gasteiger partial charge in [-0.2, -0.15) is 0 Å². The number of benzene rings is 2. The molecule has 0 radical (unpaired) electrons. The first kappa shape index (κ1) is 25.6. The second-order valence-electron chi connectivity index (χ2n) is 10.1. The molecule has 2 aromatic carbocycles. The Morgan fingerprint density at radius 1 is 1.12 bits per heavy atom. The van der Waals surface area contributed by atoms with Gasteiger partial charge in [0.05, 0.1) is 5.52 Å². The van der Waals surface area contributed by atoms with E-state index >= 15 is 0 Å². The number of ketones is 1. The number of ether oxygens (including phenoxy) is 1. The number of allylic oxidation sites excluding steroid dienone is 1. The number of anilines is 2. The van der Waals surface area contributed by atoms with Gasteiger partial charge in [-0.3, -0.25) is 9.69 Å². The number of aryl methyl sites for hydroxylation is 1. The summed E-state index contributed by atoms with van der Waals surface area (Å²) in [4.78, 5) is 27.8. The topological polar surface area (TPSA) is 84.7 Å². The Morgan fingerprint density at radius 3 is 2.85 bits per heavy atom. The van der Waals surface area contributed by atoms with Crippen LogP contribution >= 0.6 is 0 Å². The number of carbonyl (C=O) groups is 1. The molecule has 1 saturated heterocycles. The van der Waals surface area contributed by atoms with Crippen LogP contribution in [0.4, 0.5) is 15.9 Å². The van der Waals surface area contributed by atoms with E-state index in [1.165, 1.54) is 12.4 Å². The van der Waals surface area contributed by atoms with Gasteiger partial charge in [-0.15, -0.1) is 0 Å². The first-order valence-electron chi connectivity index (χ1n) is 13.3. The number of fused-ring (bicyclic) bond motifs is 2. The molecule has 1 N–H and O–H groups in total. The molecule has 8 nitrogen and oxygen atoms in total. The molecule has 0 saturated carbocycles. The number of carbonyl (C=O) groups excluding carboxylic acids is 1. The van der Waals surface area contributed by atoms with Gasteiger partial charge >= 0.3 is 0 Å². The summed E-state index contributed by atoms with van der Waals surface area (Å²) < 4.78 is 22.7. The molecular formula is C31H29FN6O2. The molecule has 0 bridgehead atoms. The SMILES string of the molecule is Cc1cc(Nc2ncnc3ccc(CC(=O)/C(F)=C\C4CCCN4C)cc23)ccc1Oc1ccn2ccnc2c1. The van der Waals surface area contributed by atoms with Crippen molar-refractivity contribution in [3.8, 4) is 11.5 Å². The lowest BCUT2D eigenvalue weighted by Gasteiger charge is -2.15. The fourth-order valence-corrected chi connectivity index (χ4v) is 5.05. The van der Waals surface area contributed by atoms with Crippen LogP contribution in [0, 0.1) is 6.92 Å². The number of Topliss-reactive ketones (excluding diaryl/α,β-unsaturated/α-hetero) is 1. The second-order valence-corrected chi connectivity index (χ2v) is 10.1. The van der Waals surface area contributed by atoms with E-state index in [2.05, 4.69) is 25.2 Å². The van der Waals surface area contributed by atoms with Crippen molar-refractivity contribution in [2.24, 2.45) is 0 Å². The van der Waals surface area contributed by atoms with E-state index < -0.39 is 11.6 Å². The maximum Gasteiger partial charge on any atom is 0.195 e. The van der Waals surface area contributed by atoms with Gasteiger partial charge in [-0.05, 0) is 87.0 Å². The van der Waals surface area contributed by atoms with Crippen LogP contribution in [0.5, 0.6) is 11.5 Å². The van der Waals surface area contributed by atoms with Gasteiger partial charge in [-0.25, -0.2) is 19.3 Å². The Hall–Kier alpha value is -4.63. The van der Waals surface area contributed by atoms with Crippen molar-refractivity contribution >= 4 is 33.8 Å². The Bertz CT molecular complexity index is 1750. The molecule has 4 heterocycles. The summed E-state index contributed by atoms with van der Waals surface area (Å²) in [6.07, 6.45) is 10.3. The molecule has 1 fully saturated rings. The molecule has 202 valence electrons. The van der Waals surface area contributed by atoms with Gasteiger partial charge in [0.1, 0.15) is 29.3 Å². The van der Waals surface area contributed by atoms with E-state index in [1.807, 2.05) is 79.3 Å². The van der Waals surface area contributed by atoms with Crippen LogP contribution in [0.3, 0.4) is 0 Å². The largest absolute Gasteiger partial charge is 0.457 e. The third-order valence-corrected chi connectivity index (χ3v) is 7.28. The van der Waals surface area contributed by atoms with Crippen molar-refractivity contribution in [3.05, 3.63) is 96.5 Å². The molecule has 1 aliphatic rings. The zero-order valence-corrected chi connectivity index (χ0v) is 22.3. The third kappa shape index (κ3) is 5.41. The second kappa shape index (κ2) is 10.9. The standard InChI is InChI=1S/C31H29FN6O2/c1-20-14-22(6-8-29(20)40-24-9-12-38-13-10-33-30(38)18-24)36-31-25-15-21(5-7-27(25)34-19-35-31)16-28(39)26(32)17-23-4-3-11-37(23)2/h5-10,12-15,17-19,23H,3-4,11,16H2,1-2H3,(H,34,35,36)/b26-17+. The first-order valence-corrected chi connectivity index (χ1v) is 13.3. The van der Waals surface area contributed by atoms with Crippen molar-refractivity contribution in [1.82, 2.24) is 24.3 Å². The monoisotopic (exact) mass is 536 g/mol. The number of pyridine rings is 1. The molecule has 40 heavy (non-hydrogen) atoms. The smallest absolute Gasteiger partial charge is 0.195 e. The number of hydrogen-bond acceptors (Lipinski definition) is 7. The normalized spacial score (nSPS) is 16.1. The van der Waals surface area contributed by atoms with E-state index in [-0.39, 0.29) is 12.5 Å². The van der Waals surface area contributed by atoms with E-state index in [1.54, 1.807) is 6.20 Å². The number of hydrogen-bond donors (Lipinski definition) is 1. The summed E-state index contributed by atoms with van der Waals surface area (Å²) in [5.41, 5.74) is 4.00. The predicted molar refractivity (Wildman–Crippen MR) is 153 cm³/mol. The molecule has 6 rings (SSSR count). The van der Waals surface area contributed by atoms with Gasteiger partial charge in [0.15, 0.2) is 11.6 Å². The van der Waals surface area contributed by atoms with Gasteiger partial charge < -0.3 is 14.5 Å². The maximum atomic E-state index is 14.7. The van der Waals surface area contributed by atoms with Gasteiger partial charge in [0, 0.05) is 48.2 Å². The fraction of sp³-hybridized carbons (Fsp3) is 0.226. The Balaban J connectivity index is 1.19. The van der Waals surface area contributed by atoms with Crippen molar-refractivity contribution in [2.45, 2.75) is 32.2 Å². The van der Waals surface area contributed by atoms with Crippen molar-refractivity contribution in [1.29, 1.82) is 0 Å². The van der Waals surface area contributed by atoms with Crippen molar-refractivity contribution in [3.63, 3.8) is 0 Å². The predicted octanol–water partition coefficient (Wildman–Crippen LogP) is 6.18. The maximum absolute atomic E-state index is 14.7. The quantitative estimate of drug-likeness (QED) is 0.237. The van der Waals surface area contributed by atoms with Gasteiger partial charge in [0.2, 0.25) is 0 Å². The van der Waals surface area contributed by atoms with Crippen LogP contribution in [0.1, 0.15) is 24.0 Å². The molecule has 1 atom stereocenters. The first-order chi connectivity index (χ1) is 19.4. The molecule has 0 amide bonds. The summed E-state index contributed by atoms with van der Waals surface area (Å²) in [6.45, 7) is 2.89. The highest BCUT2D eigenvalue weighted by Crippen LogP contribution is 2.30. The summed E-state index contributed by atoms with van der Waals surface area (Å²) >= 11 is 0. The summed E-state index contributed by atoms with van der Waals surface area (Å²) in [6, 6.07) is 15.0. The number of nitrogens with one attached hydrogen (secondary N) is 1. The number of likely N-dealkylation sites (tertiary alicyclic amines) is 1. The Morgan fingerprint density at radius 2 is 2.02 bits per heavy atom. The Kier molecular flexibility index (Phi) is 6.96. The zero-order chi connectivity index (χ0) is 27.6. The van der Waals surface area contributed by atoms with E-state index in [9.17, 15) is 9.18 Å². The molecule has 9 heteroatoms. The number of halogens is 1. The molecule has 1 aliphatic heterocycles.